The molecule has 350 valence electrons. The monoisotopic (exact) mass is 968 g/mol. The summed E-state index contributed by atoms with van der Waals surface area (Å²) in [5, 5.41) is 2.14. The van der Waals surface area contributed by atoms with E-state index in [4.69, 9.17) is 0 Å². The summed E-state index contributed by atoms with van der Waals surface area (Å²) >= 11 is 0. The predicted octanol–water partition coefficient (Wildman–Crippen LogP) is 17.3. The number of hydrogen-bond donors (Lipinski definition) is 0. The standard InChI is InChI=1S/C48H22F18N2/c49-43(50,51)25-19-32(45(55,56)57)39(33(20-25)46(58,59)60)23-9-13-27(14-10-23)67-37-8-4-2-6-31(37)41-38(67)18-17-30-29-5-1-3-7-36(29)68(42(30)41)28-15-11-24(12-16-28)40-34(47(61,62)63)21-26(44(52,53)54)22-35(40)48(64,65)66/h1-22H. The van der Waals surface area contributed by atoms with E-state index in [2.05, 4.69) is 0 Å². The zero-order chi connectivity index (χ0) is 49.3. The van der Waals surface area contributed by atoms with Crippen LogP contribution in [0.3, 0.4) is 0 Å². The maximum Gasteiger partial charge on any atom is 0.417 e. The van der Waals surface area contributed by atoms with Gasteiger partial charge in [-0.3, -0.25) is 0 Å². The Morgan fingerprint density at radius 1 is 0.294 bits per heavy atom. The van der Waals surface area contributed by atoms with E-state index in [1.807, 2.05) is 0 Å². The second-order valence-electron chi connectivity index (χ2n) is 15.5. The molecule has 0 saturated heterocycles. The predicted molar refractivity (Wildman–Crippen MR) is 216 cm³/mol. The summed E-state index contributed by atoms with van der Waals surface area (Å²) in [4.78, 5) is 0. The Bertz CT molecular complexity index is 3380. The first-order valence-corrected chi connectivity index (χ1v) is 19.5. The fourth-order valence-corrected chi connectivity index (χ4v) is 8.74. The lowest BCUT2D eigenvalue weighted by Gasteiger charge is -2.22. The molecule has 0 aliphatic carbocycles. The van der Waals surface area contributed by atoms with Crippen molar-refractivity contribution in [1.29, 1.82) is 0 Å². The smallest absolute Gasteiger partial charge is 0.309 e. The van der Waals surface area contributed by atoms with Gasteiger partial charge in [0.05, 0.1) is 55.4 Å². The third kappa shape index (κ3) is 7.72. The Morgan fingerprint density at radius 2 is 0.647 bits per heavy atom. The number of hydrogen-bond acceptors (Lipinski definition) is 0. The minimum Gasteiger partial charge on any atom is -0.309 e. The van der Waals surface area contributed by atoms with Crippen LogP contribution in [0.1, 0.15) is 33.4 Å². The van der Waals surface area contributed by atoms with Crippen LogP contribution in [0.4, 0.5) is 79.0 Å². The highest BCUT2D eigenvalue weighted by atomic mass is 19.4. The first-order chi connectivity index (χ1) is 31.5. The largest absolute Gasteiger partial charge is 0.417 e. The lowest BCUT2D eigenvalue weighted by atomic mass is 9.91. The molecule has 0 radical (unpaired) electrons. The third-order valence-electron chi connectivity index (χ3n) is 11.5. The molecular weight excluding hydrogens is 947 g/mol. The summed E-state index contributed by atoms with van der Waals surface area (Å²) in [7, 11) is 0. The fourth-order valence-electron chi connectivity index (χ4n) is 8.74. The fraction of sp³-hybridized carbons (Fsp3) is 0.125. The molecule has 0 bridgehead atoms. The van der Waals surface area contributed by atoms with Gasteiger partial charge < -0.3 is 9.13 Å². The second-order valence-corrected chi connectivity index (χ2v) is 15.5. The lowest BCUT2D eigenvalue weighted by Crippen LogP contribution is -2.18. The summed E-state index contributed by atoms with van der Waals surface area (Å²) in [6.45, 7) is 0. The molecule has 0 spiro atoms. The van der Waals surface area contributed by atoms with Gasteiger partial charge in [0, 0.05) is 44.0 Å². The maximum atomic E-state index is 14.3. The van der Waals surface area contributed by atoms with Crippen LogP contribution in [0, 0.1) is 0 Å². The van der Waals surface area contributed by atoms with Crippen molar-refractivity contribution in [3.05, 3.63) is 167 Å². The number of fused-ring (bicyclic) bond motifs is 7. The van der Waals surface area contributed by atoms with Crippen LogP contribution in [0.25, 0.3) is 77.2 Å². The molecule has 0 aliphatic heterocycles. The number of nitrogens with zero attached hydrogens (tertiary/aromatic N) is 2. The molecule has 68 heavy (non-hydrogen) atoms. The first-order valence-electron chi connectivity index (χ1n) is 19.5. The van der Waals surface area contributed by atoms with Crippen LogP contribution >= 0.6 is 0 Å². The van der Waals surface area contributed by atoms with Crippen molar-refractivity contribution in [1.82, 2.24) is 9.13 Å². The highest BCUT2D eigenvalue weighted by Crippen LogP contribution is 2.50. The summed E-state index contributed by atoms with van der Waals surface area (Å²) in [6, 6.07) is 23.4. The van der Waals surface area contributed by atoms with Gasteiger partial charge in [0.25, 0.3) is 0 Å². The van der Waals surface area contributed by atoms with Crippen molar-refractivity contribution in [2.24, 2.45) is 0 Å². The molecule has 2 aromatic heterocycles. The molecule has 2 nitrogen and oxygen atoms in total. The van der Waals surface area contributed by atoms with Crippen LogP contribution in [-0.4, -0.2) is 9.13 Å². The molecule has 0 aliphatic rings. The van der Waals surface area contributed by atoms with Gasteiger partial charge in [0.2, 0.25) is 0 Å². The van der Waals surface area contributed by atoms with Crippen LogP contribution in [-0.2, 0) is 37.1 Å². The minimum absolute atomic E-state index is 0.165. The van der Waals surface area contributed by atoms with Gasteiger partial charge in [-0.2, -0.15) is 79.0 Å². The van der Waals surface area contributed by atoms with Crippen molar-refractivity contribution in [3.63, 3.8) is 0 Å². The molecule has 0 amide bonds. The topological polar surface area (TPSA) is 9.86 Å². The Kier molecular flexibility index (Phi) is 10.3. The first kappa shape index (κ1) is 46.0. The van der Waals surface area contributed by atoms with Gasteiger partial charge in [-0.1, -0.05) is 66.7 Å². The lowest BCUT2D eigenvalue weighted by molar-refractivity contribution is -0.150. The maximum absolute atomic E-state index is 14.3. The van der Waals surface area contributed by atoms with Gasteiger partial charge >= 0.3 is 37.1 Å². The van der Waals surface area contributed by atoms with Gasteiger partial charge in [0.1, 0.15) is 0 Å². The number of alkyl halides is 18. The van der Waals surface area contributed by atoms with Crippen LogP contribution in [0.5, 0.6) is 0 Å². The zero-order valence-electron chi connectivity index (χ0n) is 33.4. The molecule has 0 unspecified atom stereocenters. The average Bonchev–Trinajstić information content (AvgIpc) is 3.77. The van der Waals surface area contributed by atoms with E-state index in [1.54, 1.807) is 69.8 Å². The van der Waals surface area contributed by atoms with Crippen molar-refractivity contribution in [3.8, 4) is 33.6 Å². The molecule has 0 fully saturated rings. The number of aromatic nitrogens is 2. The normalized spacial score (nSPS) is 13.4. The summed E-state index contributed by atoms with van der Waals surface area (Å²) in [6.07, 6.45) is -33.8. The van der Waals surface area contributed by atoms with E-state index >= 15 is 0 Å². The van der Waals surface area contributed by atoms with E-state index < -0.39 is 105 Å². The Morgan fingerprint density at radius 3 is 1.03 bits per heavy atom. The average molecular weight is 969 g/mol. The minimum atomic E-state index is -5.66. The van der Waals surface area contributed by atoms with Crippen molar-refractivity contribution < 1.29 is 79.0 Å². The molecule has 0 atom stereocenters. The van der Waals surface area contributed by atoms with Gasteiger partial charge in [0.15, 0.2) is 0 Å². The van der Waals surface area contributed by atoms with E-state index in [9.17, 15) is 79.0 Å². The molecule has 9 aromatic rings. The molecule has 20 heteroatoms. The van der Waals surface area contributed by atoms with E-state index in [-0.39, 0.29) is 23.5 Å². The second kappa shape index (κ2) is 15.2. The van der Waals surface area contributed by atoms with Crippen LogP contribution in [0.15, 0.2) is 133 Å². The SMILES string of the molecule is FC(F)(F)c1cc(C(F)(F)F)c(-c2ccc(-n3c4ccccc4c4c3ccc3c5ccccc5n(-c5ccc(-c6c(C(F)(F)F)cc(C(F)(F)F)cc6C(F)(F)F)cc5)c34)cc2)c(C(F)(F)F)c1. The van der Waals surface area contributed by atoms with Gasteiger partial charge in [-0.25, -0.2) is 0 Å². The molecule has 9 rings (SSSR count). The van der Waals surface area contributed by atoms with Gasteiger partial charge in [-0.05, 0) is 77.9 Å². The molecule has 2 heterocycles. The van der Waals surface area contributed by atoms with Crippen molar-refractivity contribution in [2.75, 3.05) is 0 Å². The van der Waals surface area contributed by atoms with E-state index in [0.717, 1.165) is 24.3 Å². The quantitative estimate of drug-likeness (QED) is 0.156. The van der Waals surface area contributed by atoms with E-state index in [0.29, 0.717) is 43.6 Å². The summed E-state index contributed by atoms with van der Waals surface area (Å²) in [5.41, 5.74) is -15.5. The number of para-hydroxylation sites is 2. The molecule has 0 saturated carbocycles. The van der Waals surface area contributed by atoms with Crippen LogP contribution < -0.4 is 0 Å². The summed E-state index contributed by atoms with van der Waals surface area (Å²) < 4.78 is 257. The summed E-state index contributed by atoms with van der Waals surface area (Å²) in [5.74, 6) is 0. The van der Waals surface area contributed by atoms with E-state index in [1.165, 1.54) is 24.3 Å². The Balaban J connectivity index is 1.26. The Hall–Kier alpha value is -7.12. The highest BCUT2D eigenvalue weighted by molar-refractivity contribution is 6.26. The third-order valence-corrected chi connectivity index (χ3v) is 11.5. The molecule has 0 N–H and O–H groups in total. The zero-order valence-corrected chi connectivity index (χ0v) is 33.4. The molecule has 7 aromatic carbocycles. The Labute approximate surface area is 368 Å². The number of halogens is 18. The number of rotatable bonds is 4. The molecular formula is C48H22F18N2. The van der Waals surface area contributed by atoms with Gasteiger partial charge in [-0.15, -0.1) is 0 Å². The number of benzene rings is 7. The van der Waals surface area contributed by atoms with Crippen molar-refractivity contribution >= 4 is 43.6 Å². The van der Waals surface area contributed by atoms with Crippen molar-refractivity contribution in [2.45, 2.75) is 37.1 Å². The van der Waals surface area contributed by atoms with Crippen LogP contribution in [0.2, 0.25) is 0 Å². The highest BCUT2D eigenvalue weighted by Gasteiger charge is 2.47.